The fourth-order valence-corrected chi connectivity index (χ4v) is 5.89. The fraction of sp³-hybridized carbons (Fsp3) is 0.522. The van der Waals surface area contributed by atoms with E-state index in [1.54, 1.807) is 11.8 Å². The normalized spacial score (nSPS) is 20.7. The van der Waals surface area contributed by atoms with Crippen molar-refractivity contribution in [2.45, 2.75) is 37.1 Å². The van der Waals surface area contributed by atoms with Gasteiger partial charge in [0.25, 0.3) is 0 Å². The van der Waals surface area contributed by atoms with Gasteiger partial charge in [-0.1, -0.05) is 11.8 Å². The lowest BCUT2D eigenvalue weighted by molar-refractivity contribution is -0.137. The number of fused-ring (bicyclic) bond motifs is 1. The van der Waals surface area contributed by atoms with Crippen LogP contribution in [-0.2, 0) is 13.2 Å². The molecular formula is C23H26F4N6OS. The van der Waals surface area contributed by atoms with Crippen molar-refractivity contribution >= 4 is 17.4 Å². The lowest BCUT2D eigenvalue weighted by Crippen LogP contribution is -2.36. The second-order valence-electron chi connectivity index (χ2n) is 9.07. The van der Waals surface area contributed by atoms with Crippen molar-refractivity contribution in [1.29, 1.82) is 0 Å². The van der Waals surface area contributed by atoms with Crippen molar-refractivity contribution in [3.63, 3.8) is 0 Å². The van der Waals surface area contributed by atoms with Crippen molar-refractivity contribution in [2.24, 2.45) is 13.0 Å². The van der Waals surface area contributed by atoms with E-state index in [2.05, 4.69) is 20.1 Å². The molecule has 0 aliphatic carbocycles. The Morgan fingerprint density at radius 1 is 1.20 bits per heavy atom. The van der Waals surface area contributed by atoms with E-state index < -0.39 is 17.6 Å². The molecule has 7 nitrogen and oxygen atoms in total. The Morgan fingerprint density at radius 2 is 2.03 bits per heavy atom. The summed E-state index contributed by atoms with van der Waals surface area (Å²) in [6.07, 6.45) is -1.29. The van der Waals surface area contributed by atoms with Crippen LogP contribution in [0.1, 0.15) is 24.1 Å². The summed E-state index contributed by atoms with van der Waals surface area (Å²) in [4.78, 5) is 8.41. The minimum Gasteiger partial charge on any atom is -0.440 e. The number of anilines is 1. The van der Waals surface area contributed by atoms with E-state index in [4.69, 9.17) is 4.42 Å². The van der Waals surface area contributed by atoms with Crippen LogP contribution >= 0.6 is 11.8 Å². The SMILES string of the molecule is Cc1ncoc1-c1nnc(SCCCN2C[C@@H]3CCN(c4ccc(C(F)(F)F)cc4F)[C@@H]3C2)n1C. The summed E-state index contributed by atoms with van der Waals surface area (Å²) in [6.45, 7) is 5.14. The minimum absolute atomic E-state index is 0.125. The van der Waals surface area contributed by atoms with Gasteiger partial charge in [-0.15, -0.1) is 10.2 Å². The zero-order chi connectivity index (χ0) is 24.7. The molecule has 2 aliphatic heterocycles. The first-order valence-corrected chi connectivity index (χ1v) is 12.5. The van der Waals surface area contributed by atoms with E-state index in [1.165, 1.54) is 12.5 Å². The van der Waals surface area contributed by atoms with E-state index in [9.17, 15) is 17.6 Å². The molecule has 188 valence electrons. The molecule has 35 heavy (non-hydrogen) atoms. The molecule has 2 atom stereocenters. The number of halogens is 4. The number of thioether (sulfide) groups is 1. The van der Waals surface area contributed by atoms with Crippen LogP contribution in [0, 0.1) is 18.7 Å². The Balaban J connectivity index is 1.14. The van der Waals surface area contributed by atoms with Gasteiger partial charge in [0.2, 0.25) is 5.82 Å². The number of oxazole rings is 1. The first-order chi connectivity index (χ1) is 16.7. The standard InChI is InChI=1S/C23H26F4N6OS/c1-14-20(34-13-28-14)21-29-30-22(31(21)2)35-9-3-7-32-11-15-6-8-33(19(15)12-32)18-5-4-16(10-17(18)24)23(25,26)27/h4-5,10,13,15,19H,3,6-9,11-12H2,1-2H3/t15-,19+/m0/s1. The number of likely N-dealkylation sites (tertiary alicyclic amines) is 1. The van der Waals surface area contributed by atoms with Crippen LogP contribution in [-0.4, -0.2) is 62.6 Å². The van der Waals surface area contributed by atoms with E-state index in [0.717, 1.165) is 55.1 Å². The predicted octanol–water partition coefficient (Wildman–Crippen LogP) is 4.63. The van der Waals surface area contributed by atoms with Crippen molar-refractivity contribution in [3.05, 3.63) is 41.7 Å². The monoisotopic (exact) mass is 510 g/mol. The number of hydrogen-bond donors (Lipinski definition) is 0. The maximum absolute atomic E-state index is 14.6. The maximum atomic E-state index is 14.6. The average Bonchev–Trinajstić information content (AvgIpc) is 3.56. The number of aromatic nitrogens is 4. The van der Waals surface area contributed by atoms with Gasteiger partial charge in [0.1, 0.15) is 5.82 Å². The van der Waals surface area contributed by atoms with E-state index >= 15 is 0 Å². The van der Waals surface area contributed by atoms with Crippen LogP contribution in [0.2, 0.25) is 0 Å². The molecule has 3 aromatic rings. The quantitative estimate of drug-likeness (QED) is 0.261. The van der Waals surface area contributed by atoms with E-state index in [-0.39, 0.29) is 11.7 Å². The van der Waals surface area contributed by atoms with Crippen molar-refractivity contribution < 1.29 is 22.0 Å². The first-order valence-electron chi connectivity index (χ1n) is 11.5. The van der Waals surface area contributed by atoms with E-state index in [0.29, 0.717) is 30.1 Å². The van der Waals surface area contributed by atoms with Crippen molar-refractivity contribution in [1.82, 2.24) is 24.6 Å². The Kier molecular flexibility index (Phi) is 6.51. The summed E-state index contributed by atoms with van der Waals surface area (Å²) in [5.74, 6) is 1.72. The molecule has 5 rings (SSSR count). The van der Waals surface area contributed by atoms with Gasteiger partial charge in [-0.25, -0.2) is 9.37 Å². The van der Waals surface area contributed by atoms with Crippen LogP contribution in [0.5, 0.6) is 0 Å². The summed E-state index contributed by atoms with van der Waals surface area (Å²) in [5.41, 5.74) is 0.0795. The molecule has 2 saturated heterocycles. The van der Waals surface area contributed by atoms with Gasteiger partial charge in [0.15, 0.2) is 17.3 Å². The number of hydrogen-bond acceptors (Lipinski definition) is 7. The van der Waals surface area contributed by atoms with E-state index in [1.807, 2.05) is 23.4 Å². The van der Waals surface area contributed by atoms with Gasteiger partial charge in [-0.2, -0.15) is 13.2 Å². The van der Waals surface area contributed by atoms with Crippen LogP contribution in [0.15, 0.2) is 34.2 Å². The van der Waals surface area contributed by atoms with Crippen LogP contribution in [0.4, 0.5) is 23.2 Å². The molecule has 0 unspecified atom stereocenters. The van der Waals surface area contributed by atoms with Gasteiger partial charge < -0.3 is 18.8 Å². The number of benzene rings is 1. The maximum Gasteiger partial charge on any atom is 0.416 e. The van der Waals surface area contributed by atoms with Crippen molar-refractivity contribution in [3.8, 4) is 11.6 Å². The second-order valence-corrected chi connectivity index (χ2v) is 10.1. The molecule has 2 aromatic heterocycles. The molecule has 12 heteroatoms. The molecule has 4 heterocycles. The highest BCUT2D eigenvalue weighted by Crippen LogP contribution is 2.38. The topological polar surface area (TPSA) is 63.2 Å². The first kappa shape index (κ1) is 24.1. The van der Waals surface area contributed by atoms with Gasteiger partial charge in [0, 0.05) is 38.5 Å². The molecule has 0 spiro atoms. The summed E-state index contributed by atoms with van der Waals surface area (Å²) in [5, 5.41) is 9.29. The number of nitrogens with zero attached hydrogens (tertiary/aromatic N) is 6. The average molecular weight is 511 g/mol. The summed E-state index contributed by atoms with van der Waals surface area (Å²) >= 11 is 1.63. The lowest BCUT2D eigenvalue weighted by Gasteiger charge is -2.27. The number of alkyl halides is 3. The fourth-order valence-electron chi connectivity index (χ4n) is 5.05. The zero-order valence-corrected chi connectivity index (χ0v) is 20.2. The predicted molar refractivity (Wildman–Crippen MR) is 124 cm³/mol. The summed E-state index contributed by atoms with van der Waals surface area (Å²) in [7, 11) is 1.90. The van der Waals surface area contributed by atoms with Crippen molar-refractivity contribution in [2.75, 3.05) is 36.8 Å². The third-order valence-corrected chi connectivity index (χ3v) is 7.95. The van der Waals surface area contributed by atoms with Gasteiger partial charge in [-0.05, 0) is 50.4 Å². The molecule has 0 saturated carbocycles. The highest BCUT2D eigenvalue weighted by atomic mass is 32.2. The smallest absolute Gasteiger partial charge is 0.416 e. The third-order valence-electron chi connectivity index (χ3n) is 6.84. The van der Waals surface area contributed by atoms with Gasteiger partial charge in [0.05, 0.1) is 16.9 Å². The molecule has 2 fully saturated rings. The van der Waals surface area contributed by atoms with Crippen LogP contribution in [0.25, 0.3) is 11.6 Å². The Hall–Kier alpha value is -2.60. The van der Waals surface area contributed by atoms with Crippen LogP contribution < -0.4 is 4.90 Å². The Morgan fingerprint density at radius 3 is 2.74 bits per heavy atom. The lowest BCUT2D eigenvalue weighted by atomic mass is 10.0. The highest BCUT2D eigenvalue weighted by molar-refractivity contribution is 7.99. The molecule has 0 radical (unpaired) electrons. The van der Waals surface area contributed by atoms with Crippen LogP contribution in [0.3, 0.4) is 0 Å². The Labute approximate surface area is 204 Å². The molecule has 0 N–H and O–H groups in total. The minimum atomic E-state index is -4.55. The molecule has 0 amide bonds. The largest absolute Gasteiger partial charge is 0.440 e. The third kappa shape index (κ3) is 4.77. The summed E-state index contributed by atoms with van der Waals surface area (Å²) in [6, 6.07) is 2.97. The zero-order valence-electron chi connectivity index (χ0n) is 19.4. The molecular weight excluding hydrogens is 484 g/mol. The highest BCUT2D eigenvalue weighted by Gasteiger charge is 2.42. The Bertz CT molecular complexity index is 1200. The van der Waals surface area contributed by atoms with Gasteiger partial charge in [-0.3, -0.25) is 0 Å². The number of rotatable bonds is 7. The molecule has 2 aliphatic rings. The molecule has 0 bridgehead atoms. The van der Waals surface area contributed by atoms with Gasteiger partial charge >= 0.3 is 6.18 Å². The molecule has 1 aromatic carbocycles. The number of aryl methyl sites for hydroxylation is 1. The second kappa shape index (κ2) is 9.45. The summed E-state index contributed by atoms with van der Waals surface area (Å²) < 4.78 is 60.6.